The minimum atomic E-state index is -5.09. The average molecular weight is 693 g/mol. The zero-order chi connectivity index (χ0) is 34.1. The molecule has 2 N–H and O–H groups in total. The number of rotatable bonds is 7. The van der Waals surface area contributed by atoms with E-state index in [0.29, 0.717) is 25.5 Å². The summed E-state index contributed by atoms with van der Waals surface area (Å²) >= 11 is 0.720. The van der Waals surface area contributed by atoms with E-state index in [1.165, 1.54) is 4.90 Å². The van der Waals surface area contributed by atoms with Gasteiger partial charge in [-0.15, -0.1) is 0 Å². The van der Waals surface area contributed by atoms with E-state index in [4.69, 9.17) is 15.2 Å². The molecule has 3 fully saturated rings. The molecule has 2 aromatic heterocycles. The number of alkyl halides is 4. The van der Waals surface area contributed by atoms with Crippen molar-refractivity contribution in [1.82, 2.24) is 24.8 Å². The second kappa shape index (κ2) is 11.8. The number of anilines is 1. The van der Waals surface area contributed by atoms with Crippen molar-refractivity contribution < 1.29 is 40.6 Å². The van der Waals surface area contributed by atoms with Crippen LogP contribution in [0.1, 0.15) is 38.2 Å². The number of aromatic nitrogens is 3. The lowest BCUT2D eigenvalue weighted by Gasteiger charge is -2.31. The van der Waals surface area contributed by atoms with Gasteiger partial charge in [-0.05, 0) is 50.6 Å². The van der Waals surface area contributed by atoms with Gasteiger partial charge in [-0.25, -0.2) is 18.2 Å². The highest BCUT2D eigenvalue weighted by atomic mass is 32.1. The number of benzene rings is 2. The van der Waals surface area contributed by atoms with Gasteiger partial charge in [0.2, 0.25) is 11.8 Å². The molecule has 1 amide bonds. The fourth-order valence-electron chi connectivity index (χ4n) is 7.30. The molecule has 2 unspecified atom stereocenters. The Morgan fingerprint density at radius 3 is 2.75 bits per heavy atom. The topological polar surface area (TPSA) is 107 Å². The molecule has 0 aliphatic carbocycles. The molecule has 2 aromatic carbocycles. The number of nitrogens with zero attached hydrogens (tertiary/aromatic N) is 5. The van der Waals surface area contributed by atoms with Crippen molar-refractivity contribution in [1.29, 1.82) is 0 Å². The highest BCUT2D eigenvalue weighted by molar-refractivity contribution is 7.22. The standard InChI is InChI=1S/C32H30F6N6O3S/c1-3-22(45)44-10-7-21(15(44)2)47-28-18-11-19(32(36,37)38)23(17-5-6-20(34)27-26(17)40-29(39)48-27)24(35)25(18)41-30(42-28)46-14-31-8-4-9-43(31)13-16(33)12-31/h3,5-6,11,15-16,21H,1,4,7-10,12-14H2,2H3,(H2,39,40)/t15?,16-,21?,31+/m1/s1. The van der Waals surface area contributed by atoms with Gasteiger partial charge in [0.1, 0.15) is 30.2 Å². The van der Waals surface area contributed by atoms with Crippen molar-refractivity contribution in [3.05, 3.63) is 48.1 Å². The molecule has 5 heterocycles. The first-order chi connectivity index (χ1) is 22.8. The zero-order valence-corrected chi connectivity index (χ0v) is 26.4. The molecule has 0 saturated carbocycles. The van der Waals surface area contributed by atoms with Crippen molar-refractivity contribution in [3.8, 4) is 23.0 Å². The number of ether oxygens (including phenoxy) is 2. The maximum atomic E-state index is 16.8. The fraction of sp³-hybridized carbons (Fsp3) is 0.438. The van der Waals surface area contributed by atoms with Gasteiger partial charge < -0.3 is 20.1 Å². The van der Waals surface area contributed by atoms with E-state index in [9.17, 15) is 26.7 Å². The zero-order valence-electron chi connectivity index (χ0n) is 25.6. The predicted octanol–water partition coefficient (Wildman–Crippen LogP) is 6.30. The molecule has 7 rings (SSSR count). The van der Waals surface area contributed by atoms with Crippen LogP contribution in [0.2, 0.25) is 0 Å². The fourth-order valence-corrected chi connectivity index (χ4v) is 8.07. The summed E-state index contributed by atoms with van der Waals surface area (Å²) in [5.74, 6) is -2.89. The molecule has 0 bridgehead atoms. The quantitative estimate of drug-likeness (QED) is 0.178. The second-order valence-electron chi connectivity index (χ2n) is 12.4. The molecule has 4 aromatic rings. The first-order valence-electron chi connectivity index (χ1n) is 15.4. The van der Waals surface area contributed by atoms with Crippen LogP contribution in [-0.4, -0.2) is 80.8 Å². The van der Waals surface area contributed by atoms with Gasteiger partial charge in [-0.1, -0.05) is 17.9 Å². The van der Waals surface area contributed by atoms with Crippen molar-refractivity contribution in [2.75, 3.05) is 32.0 Å². The lowest BCUT2D eigenvalue weighted by Crippen LogP contribution is -2.43. The summed E-state index contributed by atoms with van der Waals surface area (Å²) in [6.45, 7) is 6.40. The van der Waals surface area contributed by atoms with Crippen LogP contribution < -0.4 is 15.2 Å². The van der Waals surface area contributed by atoms with Crippen LogP contribution in [0.4, 0.5) is 31.5 Å². The number of carbonyl (C=O) groups excluding carboxylic acids is 1. The summed E-state index contributed by atoms with van der Waals surface area (Å²) in [5.41, 5.74) is 1.73. The monoisotopic (exact) mass is 692 g/mol. The largest absolute Gasteiger partial charge is 0.471 e. The van der Waals surface area contributed by atoms with Gasteiger partial charge in [0.05, 0.1) is 32.7 Å². The molecule has 3 saturated heterocycles. The number of amides is 1. The molecule has 3 aliphatic heterocycles. The molecule has 3 aliphatic rings. The first kappa shape index (κ1) is 32.4. The Hall–Kier alpha value is -4.18. The van der Waals surface area contributed by atoms with Crippen LogP contribution >= 0.6 is 11.3 Å². The third kappa shape index (κ3) is 5.38. The maximum Gasteiger partial charge on any atom is 0.417 e. The summed E-state index contributed by atoms with van der Waals surface area (Å²) in [4.78, 5) is 28.4. The molecule has 16 heteroatoms. The lowest BCUT2D eigenvalue weighted by molar-refractivity contribution is -0.137. The Bertz CT molecular complexity index is 1960. The molecule has 0 spiro atoms. The molecule has 254 valence electrons. The molecule has 0 radical (unpaired) electrons. The lowest BCUT2D eigenvalue weighted by atomic mass is 9.95. The third-order valence-electron chi connectivity index (χ3n) is 9.60. The smallest absolute Gasteiger partial charge is 0.417 e. The number of carbonyl (C=O) groups is 1. The number of likely N-dealkylation sites (tertiary alicyclic amines) is 1. The Morgan fingerprint density at radius 1 is 1.21 bits per heavy atom. The van der Waals surface area contributed by atoms with Crippen LogP contribution in [0.25, 0.3) is 32.2 Å². The number of hydrogen-bond donors (Lipinski definition) is 1. The maximum absolute atomic E-state index is 16.8. The summed E-state index contributed by atoms with van der Waals surface area (Å²) in [7, 11) is 0. The number of hydrogen-bond acceptors (Lipinski definition) is 9. The van der Waals surface area contributed by atoms with Crippen LogP contribution in [0, 0.1) is 11.6 Å². The highest BCUT2D eigenvalue weighted by Gasteiger charge is 2.49. The van der Waals surface area contributed by atoms with Gasteiger partial charge in [-0.2, -0.15) is 23.1 Å². The summed E-state index contributed by atoms with van der Waals surface area (Å²) in [5, 5.41) is -0.504. The van der Waals surface area contributed by atoms with Gasteiger partial charge in [0.25, 0.3) is 0 Å². The number of halogens is 6. The third-order valence-corrected chi connectivity index (χ3v) is 10.5. The molecule has 48 heavy (non-hydrogen) atoms. The Balaban J connectivity index is 1.39. The summed E-state index contributed by atoms with van der Waals surface area (Å²) in [6.07, 6.45) is -3.71. The van der Waals surface area contributed by atoms with Crippen LogP contribution in [0.15, 0.2) is 30.9 Å². The Morgan fingerprint density at radius 2 is 2.00 bits per heavy atom. The van der Waals surface area contributed by atoms with E-state index >= 15 is 4.39 Å². The molecular formula is C32H30F6N6O3S. The first-order valence-corrected chi connectivity index (χ1v) is 16.2. The van der Waals surface area contributed by atoms with Crippen LogP contribution in [0.3, 0.4) is 0 Å². The minimum absolute atomic E-state index is 0.0361. The van der Waals surface area contributed by atoms with E-state index < -0.39 is 63.7 Å². The van der Waals surface area contributed by atoms with Crippen molar-refractivity contribution in [2.24, 2.45) is 0 Å². The van der Waals surface area contributed by atoms with Gasteiger partial charge in [0.15, 0.2) is 10.9 Å². The second-order valence-corrected chi connectivity index (χ2v) is 13.5. The normalized spacial score (nSPS) is 24.5. The Kier molecular flexibility index (Phi) is 7.93. The van der Waals surface area contributed by atoms with E-state index in [1.54, 1.807) is 6.92 Å². The predicted molar refractivity (Wildman–Crippen MR) is 166 cm³/mol. The summed E-state index contributed by atoms with van der Waals surface area (Å²) < 4.78 is 102. The Labute approximate surface area is 274 Å². The average Bonchev–Trinajstić information content (AvgIpc) is 3.78. The van der Waals surface area contributed by atoms with Crippen LogP contribution in [0.5, 0.6) is 11.9 Å². The number of fused-ring (bicyclic) bond motifs is 3. The van der Waals surface area contributed by atoms with Crippen molar-refractivity contribution >= 4 is 43.5 Å². The van der Waals surface area contributed by atoms with Gasteiger partial charge in [0, 0.05) is 37.1 Å². The van der Waals surface area contributed by atoms with Crippen molar-refractivity contribution in [2.45, 2.75) is 62.6 Å². The molecule has 4 atom stereocenters. The highest BCUT2D eigenvalue weighted by Crippen LogP contribution is 2.46. The van der Waals surface area contributed by atoms with E-state index in [1.807, 2.05) is 4.90 Å². The van der Waals surface area contributed by atoms with E-state index in [2.05, 4.69) is 21.5 Å². The van der Waals surface area contributed by atoms with Crippen LogP contribution in [-0.2, 0) is 11.0 Å². The van der Waals surface area contributed by atoms with Gasteiger partial charge in [-0.3, -0.25) is 9.69 Å². The number of nitrogens with two attached hydrogens (primary N) is 1. The van der Waals surface area contributed by atoms with E-state index in [0.717, 1.165) is 36.0 Å². The van der Waals surface area contributed by atoms with Crippen molar-refractivity contribution in [3.63, 3.8) is 0 Å². The SMILES string of the molecule is C=CC(=O)N1CCC(Oc2nc(OC[C@@]34CCCN3C[C@H](F)C4)nc3c(F)c(-c4ccc(F)c5sc(N)nc45)c(C(F)(F)F)cc23)C1C. The molecular weight excluding hydrogens is 662 g/mol. The summed E-state index contributed by atoms with van der Waals surface area (Å²) in [6, 6.07) is 1.72. The number of nitrogen functional groups attached to an aromatic ring is 1. The number of thiazole rings is 1. The molecule has 9 nitrogen and oxygen atoms in total. The van der Waals surface area contributed by atoms with Gasteiger partial charge >= 0.3 is 12.2 Å². The minimum Gasteiger partial charge on any atom is -0.471 e. The van der Waals surface area contributed by atoms with E-state index in [-0.39, 0.29) is 64.8 Å².